The molecule has 26 heavy (non-hydrogen) atoms. The van der Waals surface area contributed by atoms with Crippen LogP contribution in [0.25, 0.3) is 11.1 Å². The van der Waals surface area contributed by atoms with E-state index in [4.69, 9.17) is 4.74 Å². The Kier molecular flexibility index (Phi) is 5.33. The van der Waals surface area contributed by atoms with E-state index in [-0.39, 0.29) is 6.54 Å². The standard InChI is InChI=1S/C18H17N5O3/c1-13(26-17(24)11-23-12-19-21-22-23)18(25)20-16-10-6-5-9-15(16)14-7-3-2-4-8-14/h2-10,12-13H,11H2,1H3,(H,20,25)/t13-/m0/s1. The number of para-hydroxylation sites is 1. The Bertz CT molecular complexity index is 881. The van der Waals surface area contributed by atoms with Crippen LogP contribution in [0.15, 0.2) is 60.9 Å². The molecule has 0 unspecified atom stereocenters. The third kappa shape index (κ3) is 4.29. The van der Waals surface area contributed by atoms with E-state index >= 15 is 0 Å². The summed E-state index contributed by atoms with van der Waals surface area (Å²) in [5, 5.41) is 13.2. The van der Waals surface area contributed by atoms with Gasteiger partial charge in [-0.05, 0) is 29.0 Å². The fourth-order valence-electron chi connectivity index (χ4n) is 2.37. The average Bonchev–Trinajstić information content (AvgIpc) is 3.15. The zero-order chi connectivity index (χ0) is 18.4. The first-order valence-electron chi connectivity index (χ1n) is 7.99. The molecule has 1 aromatic heterocycles. The molecule has 3 rings (SSSR count). The lowest BCUT2D eigenvalue weighted by Gasteiger charge is -2.15. The Hall–Kier alpha value is -3.55. The Morgan fingerprint density at radius 1 is 1.12 bits per heavy atom. The first-order valence-corrected chi connectivity index (χ1v) is 7.99. The number of nitrogens with zero attached hydrogens (tertiary/aromatic N) is 4. The topological polar surface area (TPSA) is 99.0 Å². The lowest BCUT2D eigenvalue weighted by Crippen LogP contribution is -2.31. The van der Waals surface area contributed by atoms with Gasteiger partial charge < -0.3 is 10.1 Å². The number of carbonyl (C=O) groups is 2. The van der Waals surface area contributed by atoms with Crippen molar-refractivity contribution in [2.24, 2.45) is 0 Å². The molecule has 1 N–H and O–H groups in total. The average molecular weight is 351 g/mol. The van der Waals surface area contributed by atoms with Gasteiger partial charge >= 0.3 is 5.97 Å². The monoisotopic (exact) mass is 351 g/mol. The third-order valence-electron chi connectivity index (χ3n) is 3.63. The minimum absolute atomic E-state index is 0.161. The highest BCUT2D eigenvalue weighted by Crippen LogP contribution is 2.27. The smallest absolute Gasteiger partial charge is 0.328 e. The van der Waals surface area contributed by atoms with Crippen LogP contribution in [0, 0.1) is 0 Å². The van der Waals surface area contributed by atoms with E-state index in [1.165, 1.54) is 17.9 Å². The van der Waals surface area contributed by atoms with E-state index in [2.05, 4.69) is 20.8 Å². The molecule has 132 valence electrons. The summed E-state index contributed by atoms with van der Waals surface area (Å²) in [6, 6.07) is 17.1. The van der Waals surface area contributed by atoms with E-state index in [1.807, 2.05) is 48.5 Å². The highest BCUT2D eigenvalue weighted by Gasteiger charge is 2.19. The summed E-state index contributed by atoms with van der Waals surface area (Å²) in [6.07, 6.45) is 0.338. The second-order valence-electron chi connectivity index (χ2n) is 5.54. The fourth-order valence-corrected chi connectivity index (χ4v) is 2.37. The van der Waals surface area contributed by atoms with Crippen LogP contribution >= 0.6 is 0 Å². The number of ether oxygens (including phenoxy) is 1. The summed E-state index contributed by atoms with van der Waals surface area (Å²) in [4.78, 5) is 24.2. The SMILES string of the molecule is C[C@H](OC(=O)Cn1cnnn1)C(=O)Nc1ccccc1-c1ccccc1. The van der Waals surface area contributed by atoms with Crippen molar-refractivity contribution in [2.75, 3.05) is 5.32 Å². The van der Waals surface area contributed by atoms with Crippen LogP contribution in [0.2, 0.25) is 0 Å². The number of rotatable bonds is 6. The Morgan fingerprint density at radius 2 is 1.85 bits per heavy atom. The Balaban J connectivity index is 1.65. The van der Waals surface area contributed by atoms with E-state index in [0.29, 0.717) is 5.69 Å². The lowest BCUT2D eigenvalue weighted by molar-refractivity contribution is -0.153. The minimum atomic E-state index is -0.956. The summed E-state index contributed by atoms with van der Waals surface area (Å²) in [5.41, 5.74) is 2.51. The van der Waals surface area contributed by atoms with Gasteiger partial charge in [0, 0.05) is 11.3 Å². The van der Waals surface area contributed by atoms with Gasteiger partial charge in [-0.3, -0.25) is 9.59 Å². The number of hydrogen-bond acceptors (Lipinski definition) is 6. The highest BCUT2D eigenvalue weighted by atomic mass is 16.5. The molecular formula is C18H17N5O3. The van der Waals surface area contributed by atoms with Gasteiger partial charge in [0.25, 0.3) is 5.91 Å². The van der Waals surface area contributed by atoms with Crippen LogP contribution < -0.4 is 5.32 Å². The maximum atomic E-state index is 12.4. The molecule has 0 bridgehead atoms. The molecule has 0 aliphatic carbocycles. The number of tetrazole rings is 1. The molecule has 0 radical (unpaired) electrons. The van der Waals surface area contributed by atoms with Gasteiger partial charge in [0.1, 0.15) is 12.9 Å². The fraction of sp³-hybridized carbons (Fsp3) is 0.167. The molecule has 2 aromatic carbocycles. The maximum Gasteiger partial charge on any atom is 0.328 e. The van der Waals surface area contributed by atoms with Gasteiger partial charge in [-0.1, -0.05) is 48.5 Å². The summed E-state index contributed by atoms with van der Waals surface area (Å²) in [6.45, 7) is 1.35. The summed E-state index contributed by atoms with van der Waals surface area (Å²) in [7, 11) is 0. The number of carbonyl (C=O) groups excluding carboxylic acids is 2. The first kappa shape index (κ1) is 17.3. The van der Waals surface area contributed by atoms with Gasteiger partial charge in [0.05, 0.1) is 0 Å². The maximum absolute atomic E-state index is 12.4. The van der Waals surface area contributed by atoms with Crippen LogP contribution in [0.5, 0.6) is 0 Å². The van der Waals surface area contributed by atoms with Crippen molar-refractivity contribution < 1.29 is 14.3 Å². The molecule has 1 heterocycles. The molecule has 0 spiro atoms. The molecule has 0 saturated heterocycles. The van der Waals surface area contributed by atoms with E-state index in [1.54, 1.807) is 6.07 Å². The molecule has 0 aliphatic heterocycles. The molecule has 0 aliphatic rings. The van der Waals surface area contributed by atoms with Crippen LogP contribution in [0.1, 0.15) is 6.92 Å². The van der Waals surface area contributed by atoms with Crippen molar-refractivity contribution in [3.63, 3.8) is 0 Å². The van der Waals surface area contributed by atoms with Gasteiger partial charge in [-0.25, -0.2) is 4.68 Å². The Labute approximate surface area is 149 Å². The lowest BCUT2D eigenvalue weighted by atomic mass is 10.0. The van der Waals surface area contributed by atoms with E-state index in [0.717, 1.165) is 11.1 Å². The molecular weight excluding hydrogens is 334 g/mol. The van der Waals surface area contributed by atoms with Crippen LogP contribution in [-0.4, -0.2) is 38.2 Å². The number of benzene rings is 2. The second-order valence-corrected chi connectivity index (χ2v) is 5.54. The summed E-state index contributed by atoms with van der Waals surface area (Å²) in [5.74, 6) is -1.02. The van der Waals surface area contributed by atoms with E-state index < -0.39 is 18.0 Å². The molecule has 0 saturated carbocycles. The quantitative estimate of drug-likeness (QED) is 0.681. The zero-order valence-electron chi connectivity index (χ0n) is 14.1. The predicted molar refractivity (Wildman–Crippen MR) is 93.9 cm³/mol. The van der Waals surface area contributed by atoms with Crippen molar-refractivity contribution in [2.45, 2.75) is 19.6 Å². The normalized spacial score (nSPS) is 11.6. The van der Waals surface area contributed by atoms with Crippen molar-refractivity contribution in [3.8, 4) is 11.1 Å². The summed E-state index contributed by atoms with van der Waals surface area (Å²) >= 11 is 0. The van der Waals surface area contributed by atoms with Crippen molar-refractivity contribution >= 4 is 17.6 Å². The van der Waals surface area contributed by atoms with Crippen molar-refractivity contribution in [1.29, 1.82) is 0 Å². The molecule has 8 heteroatoms. The molecule has 8 nitrogen and oxygen atoms in total. The molecule has 0 fully saturated rings. The third-order valence-corrected chi connectivity index (χ3v) is 3.63. The van der Waals surface area contributed by atoms with Gasteiger partial charge in [-0.2, -0.15) is 0 Å². The van der Waals surface area contributed by atoms with Gasteiger partial charge in [0.15, 0.2) is 6.10 Å². The molecule has 1 atom stereocenters. The number of hydrogen-bond donors (Lipinski definition) is 1. The molecule has 1 amide bonds. The number of aromatic nitrogens is 4. The number of esters is 1. The van der Waals surface area contributed by atoms with E-state index in [9.17, 15) is 9.59 Å². The Morgan fingerprint density at radius 3 is 2.58 bits per heavy atom. The van der Waals surface area contributed by atoms with Crippen molar-refractivity contribution in [3.05, 3.63) is 60.9 Å². The van der Waals surface area contributed by atoms with Crippen LogP contribution in [0.4, 0.5) is 5.69 Å². The van der Waals surface area contributed by atoms with Gasteiger partial charge in [0.2, 0.25) is 0 Å². The number of amides is 1. The number of nitrogens with one attached hydrogen (secondary N) is 1. The highest BCUT2D eigenvalue weighted by molar-refractivity contribution is 5.98. The predicted octanol–water partition coefficient (Wildman–Crippen LogP) is 1.91. The van der Waals surface area contributed by atoms with Crippen LogP contribution in [0.3, 0.4) is 0 Å². The van der Waals surface area contributed by atoms with Crippen molar-refractivity contribution in [1.82, 2.24) is 20.2 Å². The molecule has 3 aromatic rings. The second kappa shape index (κ2) is 8.02. The van der Waals surface area contributed by atoms with Gasteiger partial charge in [-0.15, -0.1) is 5.10 Å². The number of anilines is 1. The largest absolute Gasteiger partial charge is 0.451 e. The summed E-state index contributed by atoms with van der Waals surface area (Å²) < 4.78 is 6.36. The zero-order valence-corrected chi connectivity index (χ0v) is 14.1. The van der Waals surface area contributed by atoms with Crippen LogP contribution in [-0.2, 0) is 20.9 Å². The first-order chi connectivity index (χ1) is 12.6. The minimum Gasteiger partial charge on any atom is -0.451 e.